The molecule has 0 bridgehead atoms. The van der Waals surface area contributed by atoms with Gasteiger partial charge in [0.1, 0.15) is 10.7 Å². The molecule has 1 aromatic carbocycles. The second-order valence-electron chi connectivity index (χ2n) is 4.46. The van der Waals surface area contributed by atoms with E-state index in [0.717, 1.165) is 5.56 Å². The fourth-order valence-corrected chi connectivity index (χ4v) is 2.63. The van der Waals surface area contributed by atoms with Crippen molar-refractivity contribution in [3.8, 4) is 0 Å². The number of hydrogen-bond acceptors (Lipinski definition) is 4. The minimum atomic E-state index is -3.27. The van der Waals surface area contributed by atoms with Gasteiger partial charge in [-0.2, -0.15) is 0 Å². The molecule has 0 amide bonds. The predicted molar refractivity (Wildman–Crippen MR) is 75.9 cm³/mol. The first-order valence-electron chi connectivity index (χ1n) is 5.91. The normalized spacial score (nSPS) is 11.3. The molecule has 0 saturated heterocycles. The van der Waals surface area contributed by atoms with Gasteiger partial charge in [0.2, 0.25) is 0 Å². The molecule has 0 atom stereocenters. The van der Waals surface area contributed by atoms with Gasteiger partial charge in [0.15, 0.2) is 9.84 Å². The van der Waals surface area contributed by atoms with Crippen LogP contribution in [0.3, 0.4) is 0 Å². The van der Waals surface area contributed by atoms with E-state index in [1.165, 1.54) is 11.8 Å². The average Bonchev–Trinajstić information content (AvgIpc) is 2.36. The fourth-order valence-electron chi connectivity index (χ4n) is 1.83. The number of rotatable bonds is 4. The van der Waals surface area contributed by atoms with Crippen LogP contribution in [0.2, 0.25) is 0 Å². The van der Waals surface area contributed by atoms with Gasteiger partial charge in [-0.05, 0) is 24.6 Å². The molecule has 100 valence electrons. The third-order valence-electron chi connectivity index (χ3n) is 2.71. The summed E-state index contributed by atoms with van der Waals surface area (Å²) in [5, 5.41) is 3.07. The molecule has 2 aromatic rings. The van der Waals surface area contributed by atoms with Crippen LogP contribution in [-0.4, -0.2) is 19.7 Å². The molecule has 1 N–H and O–H groups in total. The Labute approximate surface area is 113 Å². The minimum Gasteiger partial charge on any atom is -0.365 e. The van der Waals surface area contributed by atoms with Gasteiger partial charge < -0.3 is 5.32 Å². The maximum absolute atomic E-state index is 11.6. The van der Waals surface area contributed by atoms with E-state index in [1.54, 1.807) is 18.3 Å². The van der Waals surface area contributed by atoms with E-state index >= 15 is 0 Å². The highest BCUT2D eigenvalue weighted by Crippen LogP contribution is 2.18. The lowest BCUT2D eigenvalue weighted by molar-refractivity contribution is 0.601. The number of nitrogens with one attached hydrogen (secondary N) is 1. The van der Waals surface area contributed by atoms with Gasteiger partial charge in [-0.25, -0.2) is 13.4 Å². The molecule has 19 heavy (non-hydrogen) atoms. The lowest BCUT2D eigenvalue weighted by Gasteiger charge is -2.09. The summed E-state index contributed by atoms with van der Waals surface area (Å²) in [6, 6.07) is 11.2. The number of aryl methyl sites for hydroxylation is 1. The van der Waals surface area contributed by atoms with Gasteiger partial charge in [-0.3, -0.25) is 0 Å². The summed E-state index contributed by atoms with van der Waals surface area (Å²) in [7, 11) is -3.27. The molecule has 0 radical (unpaired) electrons. The Morgan fingerprint density at radius 3 is 2.68 bits per heavy atom. The van der Waals surface area contributed by atoms with Crippen molar-refractivity contribution in [3.05, 3.63) is 53.7 Å². The van der Waals surface area contributed by atoms with Gasteiger partial charge in [-0.1, -0.05) is 29.8 Å². The van der Waals surface area contributed by atoms with Crippen LogP contribution in [-0.2, 0) is 16.4 Å². The molecule has 0 fully saturated rings. The maximum atomic E-state index is 11.6. The van der Waals surface area contributed by atoms with Crippen molar-refractivity contribution in [1.82, 2.24) is 4.98 Å². The Kier molecular flexibility index (Phi) is 3.85. The molecule has 0 unspecified atom stereocenters. The Balaban J connectivity index is 2.21. The van der Waals surface area contributed by atoms with Crippen LogP contribution in [0, 0.1) is 6.92 Å². The van der Waals surface area contributed by atoms with Crippen LogP contribution in [0.4, 0.5) is 5.82 Å². The van der Waals surface area contributed by atoms with Crippen molar-refractivity contribution < 1.29 is 8.42 Å². The topological polar surface area (TPSA) is 59.1 Å². The van der Waals surface area contributed by atoms with Gasteiger partial charge in [-0.15, -0.1) is 0 Å². The molecular formula is C14H16N2O2S. The van der Waals surface area contributed by atoms with Crippen molar-refractivity contribution >= 4 is 15.7 Å². The summed E-state index contributed by atoms with van der Waals surface area (Å²) in [4.78, 5) is 4.32. The lowest BCUT2D eigenvalue weighted by Crippen LogP contribution is -2.07. The summed E-state index contributed by atoms with van der Waals surface area (Å²) >= 11 is 0. The highest BCUT2D eigenvalue weighted by molar-refractivity contribution is 7.90. The summed E-state index contributed by atoms with van der Waals surface area (Å²) < 4.78 is 23.3. The van der Waals surface area contributed by atoms with Gasteiger partial charge >= 0.3 is 0 Å². The van der Waals surface area contributed by atoms with Crippen LogP contribution in [0.1, 0.15) is 11.1 Å². The van der Waals surface area contributed by atoms with Gasteiger partial charge in [0, 0.05) is 19.0 Å². The largest absolute Gasteiger partial charge is 0.365 e. The number of benzene rings is 1. The van der Waals surface area contributed by atoms with Crippen molar-refractivity contribution in [3.63, 3.8) is 0 Å². The smallest absolute Gasteiger partial charge is 0.179 e. The Morgan fingerprint density at radius 1 is 1.21 bits per heavy atom. The molecule has 1 heterocycles. The average molecular weight is 276 g/mol. The van der Waals surface area contributed by atoms with E-state index in [1.807, 2.05) is 25.1 Å². The Bertz CT molecular complexity index is 681. The van der Waals surface area contributed by atoms with Crippen LogP contribution in [0.15, 0.2) is 47.5 Å². The molecule has 2 rings (SSSR count). The summed E-state index contributed by atoms with van der Waals surface area (Å²) in [5.74, 6) is 0.395. The van der Waals surface area contributed by atoms with E-state index in [9.17, 15) is 8.42 Å². The molecule has 0 aliphatic rings. The molecule has 0 aliphatic heterocycles. The third kappa shape index (κ3) is 3.54. The standard InChI is InChI=1S/C14H16N2O2S/c1-11-5-3-6-12(9-11)10-16-14-13(19(2,17)18)7-4-8-15-14/h3-9H,10H2,1-2H3,(H,15,16). The zero-order valence-corrected chi connectivity index (χ0v) is 11.7. The first-order valence-corrected chi connectivity index (χ1v) is 7.80. The van der Waals surface area contributed by atoms with E-state index in [4.69, 9.17) is 0 Å². The number of aromatic nitrogens is 1. The van der Waals surface area contributed by atoms with E-state index < -0.39 is 9.84 Å². The highest BCUT2D eigenvalue weighted by Gasteiger charge is 2.13. The molecule has 0 saturated carbocycles. The van der Waals surface area contributed by atoms with E-state index in [0.29, 0.717) is 12.4 Å². The molecule has 1 aromatic heterocycles. The number of sulfone groups is 1. The summed E-state index contributed by atoms with van der Waals surface area (Å²) in [5.41, 5.74) is 2.26. The highest BCUT2D eigenvalue weighted by atomic mass is 32.2. The second kappa shape index (κ2) is 5.40. The van der Waals surface area contributed by atoms with E-state index in [2.05, 4.69) is 16.4 Å². The lowest BCUT2D eigenvalue weighted by atomic mass is 10.1. The Morgan fingerprint density at radius 2 is 2.00 bits per heavy atom. The first kappa shape index (κ1) is 13.5. The van der Waals surface area contributed by atoms with Crippen LogP contribution >= 0.6 is 0 Å². The Hall–Kier alpha value is -1.88. The first-order chi connectivity index (χ1) is 8.97. The maximum Gasteiger partial charge on any atom is 0.179 e. The van der Waals surface area contributed by atoms with Crippen molar-refractivity contribution in [2.45, 2.75) is 18.4 Å². The summed E-state index contributed by atoms with van der Waals surface area (Å²) in [6.07, 6.45) is 2.76. The molecule has 4 nitrogen and oxygen atoms in total. The van der Waals surface area contributed by atoms with Crippen LogP contribution < -0.4 is 5.32 Å². The van der Waals surface area contributed by atoms with Crippen molar-refractivity contribution in [2.75, 3.05) is 11.6 Å². The predicted octanol–water partition coefficient (Wildman–Crippen LogP) is 2.41. The number of anilines is 1. The van der Waals surface area contributed by atoms with Crippen molar-refractivity contribution in [1.29, 1.82) is 0 Å². The molecular weight excluding hydrogens is 260 g/mol. The third-order valence-corrected chi connectivity index (χ3v) is 3.84. The van der Waals surface area contributed by atoms with Crippen LogP contribution in [0.5, 0.6) is 0 Å². The van der Waals surface area contributed by atoms with Gasteiger partial charge in [0.25, 0.3) is 0 Å². The summed E-state index contributed by atoms with van der Waals surface area (Å²) in [6.45, 7) is 2.56. The monoisotopic (exact) mass is 276 g/mol. The molecule has 5 heteroatoms. The zero-order valence-electron chi connectivity index (χ0n) is 10.9. The number of pyridine rings is 1. The fraction of sp³-hybridized carbons (Fsp3) is 0.214. The zero-order chi connectivity index (χ0) is 13.9. The molecule has 0 spiro atoms. The van der Waals surface area contributed by atoms with E-state index in [-0.39, 0.29) is 4.90 Å². The SMILES string of the molecule is Cc1cccc(CNc2ncccc2S(C)(=O)=O)c1. The van der Waals surface area contributed by atoms with Gasteiger partial charge in [0.05, 0.1) is 0 Å². The van der Waals surface area contributed by atoms with Crippen LogP contribution in [0.25, 0.3) is 0 Å². The quantitative estimate of drug-likeness (QED) is 0.931. The minimum absolute atomic E-state index is 0.225. The number of nitrogens with zero attached hydrogens (tertiary/aromatic N) is 1. The number of hydrogen-bond donors (Lipinski definition) is 1. The van der Waals surface area contributed by atoms with Crippen molar-refractivity contribution in [2.24, 2.45) is 0 Å². The second-order valence-corrected chi connectivity index (χ2v) is 6.45. The molecule has 0 aliphatic carbocycles.